The molecule has 1 heterocycles. The molecule has 0 spiro atoms. The molecule has 1 unspecified atom stereocenters. The maximum Gasteiger partial charge on any atom is 0.325 e. The van der Waals surface area contributed by atoms with E-state index < -0.39 is 5.54 Å². The normalized spacial score (nSPS) is 21.0. The molecule has 0 aliphatic carbocycles. The molecule has 1 saturated heterocycles. The van der Waals surface area contributed by atoms with Crippen LogP contribution in [0, 0.1) is 0 Å². The molecule has 0 saturated carbocycles. The van der Waals surface area contributed by atoms with Gasteiger partial charge in [-0.2, -0.15) is 0 Å². The fourth-order valence-corrected chi connectivity index (χ4v) is 2.85. The fraction of sp³-hybridized carbons (Fsp3) is 0.938. The SMILES string of the molecule is CNC(C)(CCCN1CCN(C(C)(C)C)CC1)C(=O)OC. The summed E-state index contributed by atoms with van der Waals surface area (Å²) in [6.45, 7) is 14.3. The molecule has 0 radical (unpaired) electrons. The van der Waals surface area contributed by atoms with Crippen molar-refractivity contribution in [1.82, 2.24) is 15.1 Å². The van der Waals surface area contributed by atoms with Crippen molar-refractivity contribution in [3.05, 3.63) is 0 Å². The van der Waals surface area contributed by atoms with E-state index >= 15 is 0 Å². The Balaban J connectivity index is 2.33. The topological polar surface area (TPSA) is 44.8 Å². The van der Waals surface area contributed by atoms with Crippen LogP contribution in [0.4, 0.5) is 0 Å². The highest BCUT2D eigenvalue weighted by Crippen LogP contribution is 2.18. The summed E-state index contributed by atoms with van der Waals surface area (Å²) in [5, 5.41) is 3.09. The third-order valence-corrected chi connectivity index (χ3v) is 4.66. The van der Waals surface area contributed by atoms with Crippen LogP contribution in [0.1, 0.15) is 40.5 Å². The van der Waals surface area contributed by atoms with Gasteiger partial charge < -0.3 is 15.0 Å². The van der Waals surface area contributed by atoms with Gasteiger partial charge in [0.1, 0.15) is 5.54 Å². The number of hydrogen-bond acceptors (Lipinski definition) is 5. The molecule has 1 N–H and O–H groups in total. The summed E-state index contributed by atoms with van der Waals surface area (Å²) in [6, 6.07) is 0. The zero-order valence-electron chi connectivity index (χ0n) is 14.7. The van der Waals surface area contributed by atoms with Gasteiger partial charge in [0.2, 0.25) is 0 Å². The summed E-state index contributed by atoms with van der Waals surface area (Å²) in [4.78, 5) is 16.8. The summed E-state index contributed by atoms with van der Waals surface area (Å²) in [5.74, 6) is -0.178. The number of nitrogens with zero attached hydrogens (tertiary/aromatic N) is 2. The molecular weight excluding hydrogens is 266 g/mol. The van der Waals surface area contributed by atoms with Crippen LogP contribution in [0.15, 0.2) is 0 Å². The molecule has 0 amide bonds. The molecule has 124 valence electrons. The van der Waals surface area contributed by atoms with E-state index in [0.717, 1.165) is 45.6 Å². The molecule has 5 heteroatoms. The molecule has 0 bridgehead atoms. The van der Waals surface area contributed by atoms with Gasteiger partial charge in [-0.25, -0.2) is 0 Å². The standard InChI is InChI=1S/C16H33N3O2/c1-15(2,3)19-12-10-18(11-13-19)9-7-8-16(4,17-5)14(20)21-6/h17H,7-13H2,1-6H3. The summed E-state index contributed by atoms with van der Waals surface area (Å²) < 4.78 is 4.88. The van der Waals surface area contributed by atoms with Crippen LogP contribution >= 0.6 is 0 Å². The Labute approximate surface area is 130 Å². The smallest absolute Gasteiger partial charge is 0.325 e. The molecule has 0 aromatic heterocycles. The molecule has 0 aromatic carbocycles. The number of nitrogens with one attached hydrogen (secondary N) is 1. The van der Waals surface area contributed by atoms with Crippen molar-refractivity contribution >= 4 is 5.97 Å². The first-order chi connectivity index (χ1) is 9.73. The second-order valence-corrected chi connectivity index (χ2v) is 7.18. The van der Waals surface area contributed by atoms with Crippen LogP contribution in [0.5, 0.6) is 0 Å². The van der Waals surface area contributed by atoms with Crippen LogP contribution in [0.2, 0.25) is 0 Å². The number of hydrogen-bond donors (Lipinski definition) is 1. The molecule has 1 fully saturated rings. The summed E-state index contributed by atoms with van der Waals surface area (Å²) in [7, 11) is 3.27. The Morgan fingerprint density at radius 2 is 1.71 bits per heavy atom. The quantitative estimate of drug-likeness (QED) is 0.750. The first-order valence-corrected chi connectivity index (χ1v) is 7.97. The molecule has 1 aliphatic heterocycles. The number of esters is 1. The molecule has 5 nitrogen and oxygen atoms in total. The van der Waals surface area contributed by atoms with Gasteiger partial charge >= 0.3 is 5.97 Å². The third-order valence-electron chi connectivity index (χ3n) is 4.66. The number of piperazine rings is 1. The minimum Gasteiger partial charge on any atom is -0.468 e. The highest BCUT2D eigenvalue weighted by molar-refractivity contribution is 5.80. The third kappa shape index (κ3) is 5.24. The van der Waals surface area contributed by atoms with Gasteiger partial charge in [-0.1, -0.05) is 0 Å². The van der Waals surface area contributed by atoms with E-state index in [0.29, 0.717) is 0 Å². The van der Waals surface area contributed by atoms with E-state index in [1.807, 2.05) is 14.0 Å². The molecule has 1 rings (SSSR count). The van der Waals surface area contributed by atoms with Crippen molar-refractivity contribution in [2.24, 2.45) is 0 Å². The Morgan fingerprint density at radius 3 is 2.14 bits per heavy atom. The Hall–Kier alpha value is -0.650. The maximum atomic E-state index is 11.8. The van der Waals surface area contributed by atoms with Crippen molar-refractivity contribution in [3.8, 4) is 0 Å². The summed E-state index contributed by atoms with van der Waals surface area (Å²) in [5.41, 5.74) is -0.302. The van der Waals surface area contributed by atoms with Crippen LogP contribution in [0.25, 0.3) is 0 Å². The first kappa shape index (κ1) is 18.4. The second kappa shape index (κ2) is 7.56. The minimum absolute atomic E-state index is 0.178. The second-order valence-electron chi connectivity index (χ2n) is 7.18. The Morgan fingerprint density at radius 1 is 1.14 bits per heavy atom. The zero-order chi connectivity index (χ0) is 16.1. The lowest BCUT2D eigenvalue weighted by Crippen LogP contribution is -2.53. The Kier molecular flexibility index (Phi) is 6.63. The number of carbonyl (C=O) groups is 1. The number of carbonyl (C=O) groups excluding carboxylic acids is 1. The molecule has 1 atom stereocenters. The predicted molar refractivity (Wildman–Crippen MR) is 86.5 cm³/mol. The number of rotatable bonds is 6. The average Bonchev–Trinajstić information content (AvgIpc) is 2.45. The van der Waals surface area contributed by atoms with E-state index in [-0.39, 0.29) is 11.5 Å². The predicted octanol–water partition coefficient (Wildman–Crippen LogP) is 1.33. The molecule has 1 aliphatic rings. The van der Waals surface area contributed by atoms with Gasteiger partial charge in [0.05, 0.1) is 7.11 Å². The average molecular weight is 299 g/mol. The van der Waals surface area contributed by atoms with Crippen LogP contribution in [0.3, 0.4) is 0 Å². The zero-order valence-corrected chi connectivity index (χ0v) is 14.7. The molecular formula is C16H33N3O2. The maximum absolute atomic E-state index is 11.8. The van der Waals surface area contributed by atoms with Gasteiger partial charge in [0.15, 0.2) is 0 Å². The fourth-order valence-electron chi connectivity index (χ4n) is 2.85. The summed E-state index contributed by atoms with van der Waals surface area (Å²) in [6.07, 6.45) is 1.80. The van der Waals surface area contributed by atoms with Crippen molar-refractivity contribution in [2.45, 2.75) is 51.6 Å². The molecule has 0 aromatic rings. The first-order valence-electron chi connectivity index (χ1n) is 7.97. The van der Waals surface area contributed by atoms with Gasteiger partial charge in [-0.05, 0) is 54.1 Å². The van der Waals surface area contributed by atoms with E-state index in [1.54, 1.807) is 0 Å². The van der Waals surface area contributed by atoms with E-state index in [1.165, 1.54) is 7.11 Å². The molecule has 21 heavy (non-hydrogen) atoms. The number of methoxy groups -OCH3 is 1. The van der Waals surface area contributed by atoms with E-state index in [9.17, 15) is 4.79 Å². The van der Waals surface area contributed by atoms with E-state index in [2.05, 4.69) is 35.9 Å². The lowest BCUT2D eigenvalue weighted by atomic mass is 9.96. The van der Waals surface area contributed by atoms with E-state index in [4.69, 9.17) is 4.74 Å². The summed E-state index contributed by atoms with van der Waals surface area (Å²) >= 11 is 0. The highest BCUT2D eigenvalue weighted by atomic mass is 16.5. The van der Waals surface area contributed by atoms with Crippen molar-refractivity contribution < 1.29 is 9.53 Å². The van der Waals surface area contributed by atoms with Gasteiger partial charge in [-0.15, -0.1) is 0 Å². The van der Waals surface area contributed by atoms with Crippen LogP contribution in [-0.2, 0) is 9.53 Å². The van der Waals surface area contributed by atoms with Crippen LogP contribution < -0.4 is 5.32 Å². The number of likely N-dealkylation sites (N-methyl/N-ethyl adjacent to an activating group) is 1. The minimum atomic E-state index is -0.567. The van der Waals surface area contributed by atoms with Crippen molar-refractivity contribution in [3.63, 3.8) is 0 Å². The lowest BCUT2D eigenvalue weighted by molar-refractivity contribution is -0.148. The van der Waals surface area contributed by atoms with Gasteiger partial charge in [0, 0.05) is 31.7 Å². The number of ether oxygens (including phenoxy) is 1. The van der Waals surface area contributed by atoms with Gasteiger partial charge in [-0.3, -0.25) is 9.69 Å². The van der Waals surface area contributed by atoms with Crippen molar-refractivity contribution in [1.29, 1.82) is 0 Å². The largest absolute Gasteiger partial charge is 0.468 e. The van der Waals surface area contributed by atoms with Gasteiger partial charge in [0.25, 0.3) is 0 Å². The van der Waals surface area contributed by atoms with Crippen LogP contribution in [-0.4, -0.2) is 73.7 Å². The van der Waals surface area contributed by atoms with Crippen molar-refractivity contribution in [2.75, 3.05) is 46.9 Å². The highest BCUT2D eigenvalue weighted by Gasteiger charge is 2.32. The Bertz CT molecular complexity index is 333. The monoisotopic (exact) mass is 299 g/mol. The lowest BCUT2D eigenvalue weighted by Gasteiger charge is -2.42.